The number of aliphatic hydroxyl groups is 1. The monoisotopic (exact) mass is 305 g/mol. The molecule has 2 nitrogen and oxygen atoms in total. The van der Waals surface area contributed by atoms with Crippen molar-refractivity contribution in [1.82, 2.24) is 4.98 Å². The van der Waals surface area contributed by atoms with E-state index < -0.39 is 6.10 Å². The third-order valence-corrected chi connectivity index (χ3v) is 3.30. The lowest BCUT2D eigenvalue weighted by atomic mass is 10.0. The molecule has 0 bridgehead atoms. The summed E-state index contributed by atoms with van der Waals surface area (Å²) in [6, 6.07) is 11.8. The summed E-state index contributed by atoms with van der Waals surface area (Å²) in [5.74, 6) is 0. The number of aryl methyl sites for hydroxylation is 1. The van der Waals surface area contributed by atoms with Gasteiger partial charge in [-0.15, -0.1) is 0 Å². The largest absolute Gasteiger partial charge is 0.382 e. The van der Waals surface area contributed by atoms with Crippen LogP contribution in [-0.4, -0.2) is 10.1 Å². The summed E-state index contributed by atoms with van der Waals surface area (Å²) in [6.45, 7) is 2.15. The fourth-order valence-electron chi connectivity index (χ4n) is 1.93. The molecule has 0 radical (unpaired) electrons. The zero-order chi connectivity index (χ0) is 13.0. The lowest BCUT2D eigenvalue weighted by Crippen LogP contribution is -2.02. The lowest BCUT2D eigenvalue weighted by Gasteiger charge is -2.11. The third kappa shape index (κ3) is 3.18. The number of hydrogen-bond donors (Lipinski definition) is 1. The van der Waals surface area contributed by atoms with Gasteiger partial charge in [0.25, 0.3) is 0 Å². The smallest absolute Gasteiger partial charge is 0.121 e. The van der Waals surface area contributed by atoms with Crippen LogP contribution in [-0.2, 0) is 6.42 Å². The predicted molar refractivity (Wildman–Crippen MR) is 76.4 cm³/mol. The minimum absolute atomic E-state index is 0.657. The number of benzene rings is 1. The topological polar surface area (TPSA) is 33.1 Å². The number of pyridine rings is 1. The Labute approximate surface area is 116 Å². The van der Waals surface area contributed by atoms with Crippen molar-refractivity contribution in [2.75, 3.05) is 0 Å². The fourth-order valence-corrected chi connectivity index (χ4v) is 2.16. The minimum atomic E-state index is -0.657. The molecule has 3 heteroatoms. The molecule has 1 heterocycles. The van der Waals surface area contributed by atoms with Crippen molar-refractivity contribution in [2.24, 2.45) is 0 Å². The second-order valence-corrected chi connectivity index (χ2v) is 5.21. The maximum Gasteiger partial charge on any atom is 0.121 e. The Hall–Kier alpha value is -1.19. The van der Waals surface area contributed by atoms with E-state index in [9.17, 15) is 5.11 Å². The summed E-state index contributed by atoms with van der Waals surface area (Å²) in [7, 11) is 0. The van der Waals surface area contributed by atoms with Crippen molar-refractivity contribution in [3.8, 4) is 0 Å². The zero-order valence-corrected chi connectivity index (χ0v) is 11.9. The van der Waals surface area contributed by atoms with Gasteiger partial charge in [0.05, 0.1) is 5.69 Å². The highest BCUT2D eigenvalue weighted by atomic mass is 79.9. The summed E-state index contributed by atoms with van der Waals surface area (Å²) in [4.78, 5) is 4.23. The van der Waals surface area contributed by atoms with Crippen LogP contribution in [0.4, 0.5) is 0 Å². The van der Waals surface area contributed by atoms with Crippen LogP contribution >= 0.6 is 15.9 Å². The molecule has 0 spiro atoms. The molecule has 18 heavy (non-hydrogen) atoms. The van der Waals surface area contributed by atoms with Crippen molar-refractivity contribution in [2.45, 2.75) is 25.9 Å². The number of nitrogens with zero attached hydrogens (tertiary/aromatic N) is 1. The standard InChI is InChI=1S/C15H16BrNO/c1-2-4-11-5-3-6-12(9-11)15(18)14-8-7-13(16)10-17-14/h3,5-10,15,18H,2,4H2,1H3. The Morgan fingerprint density at radius 1 is 1.28 bits per heavy atom. The highest BCUT2D eigenvalue weighted by molar-refractivity contribution is 9.10. The number of hydrogen-bond acceptors (Lipinski definition) is 2. The average Bonchev–Trinajstić information content (AvgIpc) is 2.39. The molecule has 0 aliphatic heterocycles. The number of rotatable bonds is 4. The molecule has 0 amide bonds. The summed E-state index contributed by atoms with van der Waals surface area (Å²) in [5, 5.41) is 10.3. The van der Waals surface area contributed by atoms with Gasteiger partial charge in [0.2, 0.25) is 0 Å². The van der Waals surface area contributed by atoms with E-state index in [4.69, 9.17) is 0 Å². The minimum Gasteiger partial charge on any atom is -0.382 e. The zero-order valence-electron chi connectivity index (χ0n) is 10.3. The van der Waals surface area contributed by atoms with Crippen LogP contribution in [0.5, 0.6) is 0 Å². The molecular formula is C15H16BrNO. The van der Waals surface area contributed by atoms with Gasteiger partial charge in [0.15, 0.2) is 0 Å². The van der Waals surface area contributed by atoms with Crippen LogP contribution in [0.25, 0.3) is 0 Å². The van der Waals surface area contributed by atoms with Crippen LogP contribution in [0.15, 0.2) is 47.1 Å². The third-order valence-electron chi connectivity index (χ3n) is 2.84. The number of halogens is 1. The Morgan fingerprint density at radius 2 is 2.11 bits per heavy atom. The van der Waals surface area contributed by atoms with Gasteiger partial charge in [-0.2, -0.15) is 0 Å². The Morgan fingerprint density at radius 3 is 2.78 bits per heavy atom. The highest BCUT2D eigenvalue weighted by Gasteiger charge is 2.11. The van der Waals surface area contributed by atoms with E-state index in [1.54, 1.807) is 6.20 Å². The van der Waals surface area contributed by atoms with Crippen molar-refractivity contribution >= 4 is 15.9 Å². The molecule has 94 valence electrons. The van der Waals surface area contributed by atoms with Gasteiger partial charge in [-0.3, -0.25) is 4.98 Å². The van der Waals surface area contributed by atoms with E-state index in [0.29, 0.717) is 5.69 Å². The first kappa shape index (κ1) is 13.2. The molecule has 0 saturated carbocycles. The predicted octanol–water partition coefficient (Wildman–Crippen LogP) is 3.88. The number of aliphatic hydroxyl groups excluding tert-OH is 1. The van der Waals surface area contributed by atoms with Gasteiger partial charge in [-0.25, -0.2) is 0 Å². The molecule has 0 saturated heterocycles. The Balaban J connectivity index is 2.24. The quantitative estimate of drug-likeness (QED) is 0.930. The van der Waals surface area contributed by atoms with Gasteiger partial charge in [0, 0.05) is 10.7 Å². The second kappa shape index (κ2) is 6.12. The molecule has 1 aromatic heterocycles. The molecule has 0 fully saturated rings. The van der Waals surface area contributed by atoms with Crippen LogP contribution in [0.3, 0.4) is 0 Å². The number of aromatic nitrogens is 1. The van der Waals surface area contributed by atoms with Gasteiger partial charge in [0.1, 0.15) is 6.10 Å². The van der Waals surface area contributed by atoms with Crippen molar-refractivity contribution in [1.29, 1.82) is 0 Å². The van der Waals surface area contributed by atoms with E-state index in [1.807, 2.05) is 24.3 Å². The van der Waals surface area contributed by atoms with Gasteiger partial charge >= 0.3 is 0 Å². The van der Waals surface area contributed by atoms with Crippen LogP contribution in [0, 0.1) is 0 Å². The molecule has 1 unspecified atom stereocenters. The molecule has 2 rings (SSSR count). The first-order valence-corrected chi connectivity index (χ1v) is 6.88. The molecule has 0 aliphatic rings. The van der Waals surface area contributed by atoms with Crippen LogP contribution in [0.1, 0.15) is 36.3 Å². The summed E-state index contributed by atoms with van der Waals surface area (Å²) in [5.41, 5.74) is 2.83. The summed E-state index contributed by atoms with van der Waals surface area (Å²) < 4.78 is 0.915. The lowest BCUT2D eigenvalue weighted by molar-refractivity contribution is 0.215. The highest BCUT2D eigenvalue weighted by Crippen LogP contribution is 2.22. The Bertz CT molecular complexity index is 510. The molecule has 1 atom stereocenters. The first-order valence-electron chi connectivity index (χ1n) is 6.09. The van der Waals surface area contributed by atoms with Gasteiger partial charge < -0.3 is 5.11 Å². The fraction of sp³-hybridized carbons (Fsp3) is 0.267. The van der Waals surface area contributed by atoms with Crippen molar-refractivity contribution in [3.05, 3.63) is 63.9 Å². The van der Waals surface area contributed by atoms with E-state index in [1.165, 1.54) is 5.56 Å². The normalized spacial score (nSPS) is 12.4. The van der Waals surface area contributed by atoms with Crippen molar-refractivity contribution in [3.63, 3.8) is 0 Å². The van der Waals surface area contributed by atoms with Crippen LogP contribution in [0.2, 0.25) is 0 Å². The average molecular weight is 306 g/mol. The maximum atomic E-state index is 10.3. The van der Waals surface area contributed by atoms with Crippen LogP contribution < -0.4 is 0 Å². The SMILES string of the molecule is CCCc1cccc(C(O)c2ccc(Br)cn2)c1. The molecule has 2 aromatic rings. The first-order chi connectivity index (χ1) is 8.70. The van der Waals surface area contributed by atoms with E-state index >= 15 is 0 Å². The molecule has 1 aromatic carbocycles. The van der Waals surface area contributed by atoms with E-state index in [0.717, 1.165) is 22.9 Å². The summed E-state index contributed by atoms with van der Waals surface area (Å²) in [6.07, 6.45) is 3.19. The second-order valence-electron chi connectivity index (χ2n) is 4.30. The van der Waals surface area contributed by atoms with Gasteiger partial charge in [-0.1, -0.05) is 37.6 Å². The van der Waals surface area contributed by atoms with Gasteiger partial charge in [-0.05, 0) is 45.6 Å². The van der Waals surface area contributed by atoms with Crippen molar-refractivity contribution < 1.29 is 5.11 Å². The maximum absolute atomic E-state index is 10.3. The summed E-state index contributed by atoms with van der Waals surface area (Å²) >= 11 is 3.34. The van der Waals surface area contributed by atoms with E-state index in [-0.39, 0.29) is 0 Å². The molecular weight excluding hydrogens is 290 g/mol. The molecule has 0 aliphatic carbocycles. The molecule has 1 N–H and O–H groups in total. The Kier molecular flexibility index (Phi) is 4.50. The van der Waals surface area contributed by atoms with E-state index in [2.05, 4.69) is 40.0 Å².